The quantitative estimate of drug-likeness (QED) is 0.142. The van der Waals surface area contributed by atoms with Crippen molar-refractivity contribution in [1.82, 2.24) is 0 Å². The molecule has 0 heterocycles. The largest absolute Gasteiger partial charge is 0.0636 e. The van der Waals surface area contributed by atoms with Gasteiger partial charge in [-0.15, -0.1) is 0 Å². The fourth-order valence-corrected chi connectivity index (χ4v) is 11.6. The summed E-state index contributed by atoms with van der Waals surface area (Å²) in [6, 6.07) is 64.5. The first-order valence-electron chi connectivity index (χ1n) is 32.7. The molecule has 0 N–H and O–H groups in total. The molecule has 0 aliphatic heterocycles. The average molecular weight is 1140 g/mol. The Balaban J connectivity index is 1.53. The highest BCUT2D eigenvalue weighted by Crippen LogP contribution is 2.51. The standard InChI is InChI=1S/C86H102/c1-79(2,3)61-41-57(42-62(49-61)80(4,5)6)55-32-31-33-56(40-55)75-53-77(73-38-29-26-35-70(73)59-45-65(83(13,14)15)51-66(46-59)84(16,17)18)78(74-39-30-27-36-71(74)60-47-67(85(19,20)21)52-68(48-60)86(22,23)24)54-76(75)72-37-28-25-34-69(72)58-43-63(81(7,8)9)50-64(44-58)82(10,11)12/h25-54H,1-24H3/i53D,54D. The smallest absolute Gasteiger partial charge is 0.0616 e. The highest BCUT2D eigenvalue weighted by atomic mass is 14.3. The van der Waals surface area contributed by atoms with E-state index in [4.69, 9.17) is 0 Å². The van der Waals surface area contributed by atoms with Crippen molar-refractivity contribution in [3.63, 3.8) is 0 Å². The Morgan fingerprint density at radius 2 is 0.384 bits per heavy atom. The molecule has 0 aliphatic rings. The van der Waals surface area contributed by atoms with Crippen molar-refractivity contribution in [3.8, 4) is 89.0 Å². The van der Waals surface area contributed by atoms with Gasteiger partial charge in [0.25, 0.3) is 0 Å². The highest BCUT2D eigenvalue weighted by Gasteiger charge is 2.29. The Morgan fingerprint density at radius 1 is 0.174 bits per heavy atom. The van der Waals surface area contributed by atoms with Crippen molar-refractivity contribution in [2.24, 2.45) is 0 Å². The summed E-state index contributed by atoms with van der Waals surface area (Å²) >= 11 is 0. The molecule has 9 aromatic rings. The lowest BCUT2D eigenvalue weighted by molar-refractivity contribution is 0.568. The van der Waals surface area contributed by atoms with Gasteiger partial charge in [-0.25, -0.2) is 0 Å². The first kappa shape index (κ1) is 60.7. The van der Waals surface area contributed by atoms with Gasteiger partial charge in [-0.2, -0.15) is 0 Å². The minimum atomic E-state index is -0.135. The van der Waals surface area contributed by atoms with Gasteiger partial charge in [-0.1, -0.05) is 330 Å². The van der Waals surface area contributed by atoms with Crippen LogP contribution in [0.4, 0.5) is 0 Å². The molecule has 446 valence electrons. The van der Waals surface area contributed by atoms with Gasteiger partial charge in [-0.05, 0) is 195 Å². The van der Waals surface area contributed by atoms with Crippen molar-refractivity contribution in [1.29, 1.82) is 0 Å². The molecule has 0 nitrogen and oxygen atoms in total. The molecule has 9 aromatic carbocycles. The molecule has 0 aromatic heterocycles. The van der Waals surface area contributed by atoms with E-state index >= 15 is 0 Å². The van der Waals surface area contributed by atoms with E-state index in [1.807, 2.05) is 0 Å². The Bertz CT molecular complexity index is 3970. The third kappa shape index (κ3) is 13.7. The van der Waals surface area contributed by atoms with Crippen LogP contribution in [0.1, 0.15) is 213 Å². The van der Waals surface area contributed by atoms with Crippen LogP contribution in [0.3, 0.4) is 0 Å². The van der Waals surface area contributed by atoms with Crippen LogP contribution in [-0.4, -0.2) is 0 Å². The predicted octanol–water partition coefficient (Wildman–Crippen LogP) is 25.4. The second kappa shape index (κ2) is 22.6. The number of hydrogen-bond donors (Lipinski definition) is 0. The summed E-state index contributed by atoms with van der Waals surface area (Å²) in [4.78, 5) is 0. The zero-order chi connectivity index (χ0) is 64.8. The molecule has 0 bridgehead atoms. The van der Waals surface area contributed by atoms with Gasteiger partial charge in [0.1, 0.15) is 0 Å². The van der Waals surface area contributed by atoms with E-state index in [1.165, 1.54) is 44.5 Å². The summed E-state index contributed by atoms with van der Waals surface area (Å²) in [6.45, 7) is 55.3. The van der Waals surface area contributed by atoms with Crippen LogP contribution in [0.25, 0.3) is 89.0 Å². The van der Waals surface area contributed by atoms with Crippen molar-refractivity contribution >= 4 is 0 Å². The van der Waals surface area contributed by atoms with Crippen LogP contribution in [-0.2, 0) is 43.3 Å². The SMILES string of the molecule is [2H]c1c(-c2cccc(-c3cc(C(C)(C)C)cc(C(C)(C)C)c3)c2)c(-c2ccccc2-c2cc(C(C)(C)C)cc(C(C)(C)C)c2)c([2H])c(-c2ccccc2-c2cc(C(C)(C)C)cc(C(C)(C)C)c2)c1-c1ccccc1-c1cc(C(C)(C)C)cc(C(C)(C)C)c1. The number of rotatable bonds is 8. The maximum atomic E-state index is 11.6. The normalized spacial score (nSPS) is 13.4. The van der Waals surface area contributed by atoms with Gasteiger partial charge < -0.3 is 0 Å². The lowest BCUT2D eigenvalue weighted by Crippen LogP contribution is -2.16. The van der Waals surface area contributed by atoms with Gasteiger partial charge in [-0.3, -0.25) is 0 Å². The second-order valence-electron chi connectivity index (χ2n) is 33.2. The van der Waals surface area contributed by atoms with Gasteiger partial charge >= 0.3 is 0 Å². The zero-order valence-electron chi connectivity index (χ0n) is 59.2. The van der Waals surface area contributed by atoms with E-state index < -0.39 is 0 Å². The Labute approximate surface area is 524 Å². The van der Waals surface area contributed by atoms with Crippen LogP contribution in [0, 0.1) is 0 Å². The number of benzene rings is 9. The first-order chi connectivity index (χ1) is 40.5. The van der Waals surface area contributed by atoms with Crippen molar-refractivity contribution in [3.05, 3.63) is 226 Å². The summed E-state index contributed by atoms with van der Waals surface area (Å²) < 4.78 is 23.2. The third-order valence-electron chi connectivity index (χ3n) is 17.7. The van der Waals surface area contributed by atoms with Crippen molar-refractivity contribution < 1.29 is 2.74 Å². The molecule has 0 atom stereocenters. The van der Waals surface area contributed by atoms with Gasteiger partial charge in [0.2, 0.25) is 0 Å². The molecule has 0 aliphatic carbocycles. The minimum Gasteiger partial charge on any atom is -0.0616 e. The molecular formula is C86H102. The van der Waals surface area contributed by atoms with Gasteiger partial charge in [0.15, 0.2) is 0 Å². The average Bonchev–Trinajstić information content (AvgIpc) is 0.747. The van der Waals surface area contributed by atoms with Gasteiger partial charge in [0, 0.05) is 0 Å². The minimum absolute atomic E-state index is 0.0903. The van der Waals surface area contributed by atoms with Crippen LogP contribution >= 0.6 is 0 Å². The van der Waals surface area contributed by atoms with Gasteiger partial charge in [0.05, 0.1) is 2.74 Å². The Morgan fingerprint density at radius 3 is 0.640 bits per heavy atom. The lowest BCUT2D eigenvalue weighted by Gasteiger charge is -2.28. The maximum Gasteiger partial charge on any atom is 0.0636 e. The summed E-state index contributed by atoms with van der Waals surface area (Å²) in [5.74, 6) is 0. The molecule has 0 heteroatoms. The van der Waals surface area contributed by atoms with Crippen LogP contribution in [0.5, 0.6) is 0 Å². The molecule has 0 saturated heterocycles. The molecule has 0 unspecified atom stereocenters. The topological polar surface area (TPSA) is 0 Å². The van der Waals surface area contributed by atoms with Crippen LogP contribution in [0.15, 0.2) is 182 Å². The van der Waals surface area contributed by atoms with Crippen molar-refractivity contribution in [2.75, 3.05) is 0 Å². The zero-order valence-corrected chi connectivity index (χ0v) is 57.2. The molecule has 0 spiro atoms. The van der Waals surface area contributed by atoms with Crippen molar-refractivity contribution in [2.45, 2.75) is 209 Å². The summed E-state index contributed by atoms with van der Waals surface area (Å²) in [5, 5.41) is 0. The summed E-state index contributed by atoms with van der Waals surface area (Å²) in [7, 11) is 0. The molecule has 86 heavy (non-hydrogen) atoms. The molecule has 0 fully saturated rings. The summed E-state index contributed by atoms with van der Waals surface area (Å²) in [6.07, 6.45) is 0. The van der Waals surface area contributed by atoms with E-state index in [1.54, 1.807) is 0 Å². The number of hydrogen-bond acceptors (Lipinski definition) is 0. The fraction of sp³-hybridized carbons (Fsp3) is 0.372. The monoisotopic (exact) mass is 1140 g/mol. The van der Waals surface area contributed by atoms with E-state index in [2.05, 4.69) is 336 Å². The molecule has 0 amide bonds. The van der Waals surface area contributed by atoms with E-state index in [-0.39, 0.29) is 43.3 Å². The second-order valence-corrected chi connectivity index (χ2v) is 33.2. The van der Waals surface area contributed by atoms with E-state index in [9.17, 15) is 2.74 Å². The fourth-order valence-electron chi connectivity index (χ4n) is 11.6. The van der Waals surface area contributed by atoms with E-state index in [0.717, 1.165) is 89.0 Å². The molecule has 0 radical (unpaired) electrons. The van der Waals surface area contributed by atoms with Crippen LogP contribution < -0.4 is 0 Å². The maximum absolute atomic E-state index is 11.6. The molecule has 9 rings (SSSR count). The highest BCUT2D eigenvalue weighted by molar-refractivity contribution is 6.03. The third-order valence-corrected chi connectivity index (χ3v) is 17.7. The Hall–Kier alpha value is -7.02. The Kier molecular flexibility index (Phi) is 15.9. The molecule has 0 saturated carbocycles. The lowest BCUT2D eigenvalue weighted by atomic mass is 9.76. The summed E-state index contributed by atoms with van der Waals surface area (Å²) in [5.41, 5.74) is 24.4. The first-order valence-corrected chi connectivity index (χ1v) is 31.7. The predicted molar refractivity (Wildman–Crippen MR) is 380 cm³/mol. The van der Waals surface area contributed by atoms with E-state index in [0.29, 0.717) is 12.1 Å². The van der Waals surface area contributed by atoms with Crippen LogP contribution in [0.2, 0.25) is 0 Å². The molecular weight excluding hydrogens is 1030 g/mol.